The van der Waals surface area contributed by atoms with Gasteiger partial charge in [0.2, 0.25) is 0 Å². The first-order chi connectivity index (χ1) is 10.1. The van der Waals surface area contributed by atoms with Gasteiger partial charge in [0.25, 0.3) is 0 Å². The second kappa shape index (κ2) is 5.79. The first-order valence-electron chi connectivity index (χ1n) is 6.10. The Labute approximate surface area is 129 Å². The van der Waals surface area contributed by atoms with E-state index in [1.165, 1.54) is 23.5 Å². The van der Waals surface area contributed by atoms with Crippen molar-refractivity contribution in [1.82, 2.24) is 4.98 Å². The molecule has 3 rings (SSSR count). The van der Waals surface area contributed by atoms with E-state index in [0.29, 0.717) is 5.01 Å². The Bertz CT molecular complexity index is 785. The summed E-state index contributed by atoms with van der Waals surface area (Å²) < 4.78 is 19.1. The summed E-state index contributed by atoms with van der Waals surface area (Å²) in [4.78, 5) is 16.3. The van der Waals surface area contributed by atoms with Gasteiger partial charge in [0.1, 0.15) is 17.4 Å². The molecule has 106 valence electrons. The van der Waals surface area contributed by atoms with Crippen LogP contribution >= 0.6 is 22.9 Å². The van der Waals surface area contributed by atoms with Gasteiger partial charge in [0, 0.05) is 0 Å². The van der Waals surface area contributed by atoms with Crippen LogP contribution in [0.15, 0.2) is 42.5 Å². The van der Waals surface area contributed by atoms with Crippen molar-refractivity contribution in [3.05, 3.63) is 63.9 Å². The number of nitrogens with zero attached hydrogens (tertiary/aromatic N) is 1. The van der Waals surface area contributed by atoms with Gasteiger partial charge in [-0.2, -0.15) is 0 Å². The summed E-state index contributed by atoms with van der Waals surface area (Å²) in [5.41, 5.74) is 1.01. The molecule has 0 saturated heterocycles. The number of fused-ring (bicyclic) bond motifs is 1. The van der Waals surface area contributed by atoms with Gasteiger partial charge < -0.3 is 4.74 Å². The van der Waals surface area contributed by atoms with Crippen molar-refractivity contribution in [2.45, 2.75) is 6.61 Å². The molecule has 0 aliphatic rings. The van der Waals surface area contributed by atoms with Crippen molar-refractivity contribution in [2.24, 2.45) is 0 Å². The number of aromatic nitrogens is 1. The summed E-state index contributed by atoms with van der Waals surface area (Å²) >= 11 is 7.28. The highest BCUT2D eigenvalue weighted by molar-refractivity contribution is 7.18. The third-order valence-electron chi connectivity index (χ3n) is 2.82. The van der Waals surface area contributed by atoms with Crippen LogP contribution < -0.4 is 0 Å². The van der Waals surface area contributed by atoms with Crippen LogP contribution in [0.3, 0.4) is 0 Å². The van der Waals surface area contributed by atoms with Crippen LogP contribution in [0.5, 0.6) is 0 Å². The molecular weight excluding hydrogens is 313 g/mol. The lowest BCUT2D eigenvalue weighted by Gasteiger charge is -2.04. The summed E-state index contributed by atoms with van der Waals surface area (Å²) in [5, 5.41) is 0.729. The van der Waals surface area contributed by atoms with E-state index in [2.05, 4.69) is 4.98 Å². The molecule has 2 aromatic carbocycles. The third-order valence-corrected chi connectivity index (χ3v) is 4.14. The molecule has 0 aliphatic heterocycles. The van der Waals surface area contributed by atoms with Gasteiger partial charge in [-0.15, -0.1) is 11.3 Å². The Morgan fingerprint density at radius 3 is 2.86 bits per heavy atom. The zero-order valence-corrected chi connectivity index (χ0v) is 12.2. The molecule has 3 aromatic rings. The van der Waals surface area contributed by atoms with E-state index in [1.54, 1.807) is 0 Å². The number of esters is 1. The molecule has 3 nitrogen and oxygen atoms in total. The van der Waals surface area contributed by atoms with Crippen molar-refractivity contribution < 1.29 is 13.9 Å². The Kier molecular flexibility index (Phi) is 3.86. The fourth-order valence-electron chi connectivity index (χ4n) is 1.84. The number of hydrogen-bond donors (Lipinski definition) is 0. The first kappa shape index (κ1) is 14.0. The zero-order valence-electron chi connectivity index (χ0n) is 10.7. The fourth-order valence-corrected chi connectivity index (χ4v) is 2.97. The lowest BCUT2D eigenvalue weighted by Crippen LogP contribution is -2.06. The summed E-state index contributed by atoms with van der Waals surface area (Å²) in [6, 6.07) is 11.2. The minimum atomic E-state index is -0.598. The van der Waals surface area contributed by atoms with E-state index in [-0.39, 0.29) is 17.2 Å². The minimum absolute atomic E-state index is 0.0318. The molecule has 0 amide bonds. The highest BCUT2D eigenvalue weighted by atomic mass is 35.5. The van der Waals surface area contributed by atoms with E-state index in [1.807, 2.05) is 24.3 Å². The van der Waals surface area contributed by atoms with Crippen LogP contribution in [-0.4, -0.2) is 11.0 Å². The monoisotopic (exact) mass is 321 g/mol. The largest absolute Gasteiger partial charge is 0.455 e. The van der Waals surface area contributed by atoms with Gasteiger partial charge in [-0.05, 0) is 30.3 Å². The molecule has 0 spiro atoms. The zero-order chi connectivity index (χ0) is 14.8. The van der Waals surface area contributed by atoms with Gasteiger partial charge in [-0.25, -0.2) is 14.2 Å². The molecule has 0 unspecified atom stereocenters. The smallest absolute Gasteiger partial charge is 0.340 e. The van der Waals surface area contributed by atoms with Crippen LogP contribution in [0.1, 0.15) is 15.4 Å². The Balaban J connectivity index is 1.73. The standard InChI is InChI=1S/C15H9ClFNO2S/c16-11-7-9(17)5-6-10(11)15(19)20-8-14-18-12-3-1-2-4-13(12)21-14/h1-7H,8H2. The molecule has 0 saturated carbocycles. The third kappa shape index (κ3) is 3.04. The van der Waals surface area contributed by atoms with Gasteiger partial charge in [0.15, 0.2) is 0 Å². The number of thiazole rings is 1. The molecule has 0 radical (unpaired) electrons. The van der Waals surface area contributed by atoms with E-state index in [4.69, 9.17) is 16.3 Å². The summed E-state index contributed by atoms with van der Waals surface area (Å²) in [6.07, 6.45) is 0. The topological polar surface area (TPSA) is 39.2 Å². The van der Waals surface area contributed by atoms with Gasteiger partial charge >= 0.3 is 5.97 Å². The lowest BCUT2D eigenvalue weighted by molar-refractivity contribution is 0.0473. The van der Waals surface area contributed by atoms with Crippen LogP contribution in [-0.2, 0) is 11.3 Å². The van der Waals surface area contributed by atoms with Crippen LogP contribution in [0.25, 0.3) is 10.2 Å². The predicted molar refractivity (Wildman–Crippen MR) is 80.1 cm³/mol. The Morgan fingerprint density at radius 1 is 1.29 bits per heavy atom. The molecule has 0 atom stereocenters. The maximum Gasteiger partial charge on any atom is 0.340 e. The molecule has 6 heteroatoms. The van der Waals surface area contributed by atoms with E-state index in [0.717, 1.165) is 16.3 Å². The second-order valence-corrected chi connectivity index (χ2v) is 5.80. The molecule has 0 aliphatic carbocycles. The second-order valence-electron chi connectivity index (χ2n) is 4.28. The highest BCUT2D eigenvalue weighted by Crippen LogP contribution is 2.23. The molecule has 1 heterocycles. The van der Waals surface area contributed by atoms with Gasteiger partial charge in [0.05, 0.1) is 20.8 Å². The SMILES string of the molecule is O=C(OCc1nc2ccccc2s1)c1ccc(F)cc1Cl. The van der Waals surface area contributed by atoms with Crippen LogP contribution in [0.4, 0.5) is 4.39 Å². The molecule has 0 bridgehead atoms. The number of rotatable bonds is 3. The number of para-hydroxylation sites is 1. The highest BCUT2D eigenvalue weighted by Gasteiger charge is 2.13. The number of carbonyl (C=O) groups is 1. The lowest BCUT2D eigenvalue weighted by atomic mass is 10.2. The molecule has 1 aromatic heterocycles. The van der Waals surface area contributed by atoms with E-state index in [9.17, 15) is 9.18 Å². The quantitative estimate of drug-likeness (QED) is 0.669. The Hall–Kier alpha value is -1.98. The summed E-state index contributed by atoms with van der Waals surface area (Å²) in [7, 11) is 0. The molecule has 0 fully saturated rings. The van der Waals surface area contributed by atoms with Crippen molar-refractivity contribution in [2.75, 3.05) is 0 Å². The fraction of sp³-hybridized carbons (Fsp3) is 0.0667. The maximum absolute atomic E-state index is 12.9. The number of benzene rings is 2. The van der Waals surface area contributed by atoms with Crippen LogP contribution in [0.2, 0.25) is 5.02 Å². The van der Waals surface area contributed by atoms with Gasteiger partial charge in [-0.3, -0.25) is 0 Å². The predicted octanol–water partition coefficient (Wildman–Crippen LogP) is 4.45. The van der Waals surface area contributed by atoms with Crippen LogP contribution in [0, 0.1) is 5.82 Å². The Morgan fingerprint density at radius 2 is 2.10 bits per heavy atom. The minimum Gasteiger partial charge on any atom is -0.455 e. The number of hydrogen-bond acceptors (Lipinski definition) is 4. The number of halogens is 2. The average Bonchev–Trinajstić information content (AvgIpc) is 2.87. The normalized spacial score (nSPS) is 10.8. The van der Waals surface area contributed by atoms with Crippen molar-refractivity contribution >= 4 is 39.1 Å². The van der Waals surface area contributed by atoms with E-state index < -0.39 is 11.8 Å². The average molecular weight is 322 g/mol. The molecule has 0 N–H and O–H groups in total. The van der Waals surface area contributed by atoms with E-state index >= 15 is 0 Å². The summed E-state index contributed by atoms with van der Waals surface area (Å²) in [5.74, 6) is -1.10. The summed E-state index contributed by atoms with van der Waals surface area (Å²) in [6.45, 7) is 0.0614. The van der Waals surface area contributed by atoms with Crippen molar-refractivity contribution in [3.63, 3.8) is 0 Å². The van der Waals surface area contributed by atoms with Gasteiger partial charge in [-0.1, -0.05) is 23.7 Å². The number of ether oxygens (including phenoxy) is 1. The van der Waals surface area contributed by atoms with Crippen molar-refractivity contribution in [3.8, 4) is 0 Å². The number of carbonyl (C=O) groups excluding carboxylic acids is 1. The molecular formula is C15H9ClFNO2S. The first-order valence-corrected chi connectivity index (χ1v) is 7.29. The maximum atomic E-state index is 12.9. The van der Waals surface area contributed by atoms with Crippen molar-refractivity contribution in [1.29, 1.82) is 0 Å². The molecule has 21 heavy (non-hydrogen) atoms.